The van der Waals surface area contributed by atoms with E-state index in [-0.39, 0.29) is 32.2 Å². The summed E-state index contributed by atoms with van der Waals surface area (Å²) in [6.07, 6.45) is 28.2. The molecule has 0 aliphatic heterocycles. The predicted molar refractivity (Wildman–Crippen MR) is 194 cm³/mol. The van der Waals surface area contributed by atoms with Crippen LogP contribution in [0.1, 0.15) is 149 Å². The van der Waals surface area contributed by atoms with E-state index in [1.165, 1.54) is 57.8 Å². The molecule has 1 N–H and O–H groups in total. The van der Waals surface area contributed by atoms with Crippen LogP contribution < -0.4 is 0 Å². The molecule has 2 unspecified atom stereocenters. The lowest BCUT2D eigenvalue weighted by molar-refractivity contribution is -0.870. The number of allylic oxidation sites excluding steroid dienone is 4. The van der Waals surface area contributed by atoms with Crippen molar-refractivity contribution >= 4 is 17.9 Å². The van der Waals surface area contributed by atoms with Gasteiger partial charge in [0.2, 0.25) is 0 Å². The third kappa shape index (κ3) is 32.3. The minimum atomic E-state index is -1.51. The van der Waals surface area contributed by atoms with E-state index < -0.39 is 24.3 Å². The fraction of sp³-hybridized carbons (Fsp3) is 0.821. The van der Waals surface area contributed by atoms with Gasteiger partial charge in [0.25, 0.3) is 6.29 Å². The van der Waals surface area contributed by atoms with Gasteiger partial charge in [0.05, 0.1) is 34.4 Å². The van der Waals surface area contributed by atoms with Crippen molar-refractivity contribution < 1.29 is 42.9 Å². The molecule has 0 aromatic heterocycles. The minimum absolute atomic E-state index is 0.186. The smallest absolute Gasteiger partial charge is 0.361 e. The highest BCUT2D eigenvalue weighted by Crippen LogP contribution is 2.12. The van der Waals surface area contributed by atoms with Crippen LogP contribution in [0.4, 0.5) is 0 Å². The molecule has 0 saturated heterocycles. The zero-order valence-electron chi connectivity index (χ0n) is 31.4. The molecule has 2 atom stereocenters. The molecule has 48 heavy (non-hydrogen) atoms. The maximum Gasteiger partial charge on any atom is 0.361 e. The number of ether oxygens (including phenoxy) is 4. The summed E-state index contributed by atoms with van der Waals surface area (Å²) in [6, 6.07) is 0. The largest absolute Gasteiger partial charge is 0.477 e. The van der Waals surface area contributed by atoms with Crippen molar-refractivity contribution in [3.05, 3.63) is 24.3 Å². The fourth-order valence-corrected chi connectivity index (χ4v) is 4.92. The molecule has 280 valence electrons. The monoisotopic (exact) mass is 683 g/mol. The lowest BCUT2D eigenvalue weighted by Gasteiger charge is -2.25. The van der Waals surface area contributed by atoms with Gasteiger partial charge in [0.15, 0.2) is 6.10 Å². The van der Waals surface area contributed by atoms with Gasteiger partial charge in [-0.3, -0.25) is 9.59 Å². The van der Waals surface area contributed by atoms with Crippen LogP contribution >= 0.6 is 0 Å². The third-order valence-corrected chi connectivity index (χ3v) is 7.96. The van der Waals surface area contributed by atoms with Gasteiger partial charge in [-0.1, -0.05) is 115 Å². The molecule has 0 spiro atoms. The van der Waals surface area contributed by atoms with E-state index in [0.717, 1.165) is 57.8 Å². The Morgan fingerprint density at radius 1 is 0.625 bits per heavy atom. The normalized spacial score (nSPS) is 13.3. The van der Waals surface area contributed by atoms with E-state index in [1.54, 1.807) is 0 Å². The Hall–Kier alpha value is -2.23. The van der Waals surface area contributed by atoms with Gasteiger partial charge >= 0.3 is 17.9 Å². The van der Waals surface area contributed by atoms with Crippen LogP contribution in [-0.4, -0.2) is 87.4 Å². The van der Waals surface area contributed by atoms with Crippen molar-refractivity contribution in [2.45, 2.75) is 161 Å². The molecule has 9 nitrogen and oxygen atoms in total. The standard InChI is InChI=1S/C39H71NO8/c1-6-8-10-12-14-15-16-17-18-19-20-21-22-24-26-28-30-37(42)48-35(33-46-36(41)29-27-25-23-13-11-9-7-2)34-47-39(38(43)44)45-32-31-40(3,4)5/h15-16,18-19,35,39H,6-14,17,20-34H2,1-5H3/p+1/b16-15-,19-18-. The number of aliphatic carboxylic acids is 1. The number of rotatable bonds is 34. The van der Waals surface area contributed by atoms with Gasteiger partial charge in [0.1, 0.15) is 13.2 Å². The van der Waals surface area contributed by atoms with Crippen molar-refractivity contribution in [3.8, 4) is 0 Å². The Labute approximate surface area is 293 Å². The number of unbranched alkanes of at least 4 members (excludes halogenated alkanes) is 15. The molecule has 0 radical (unpaired) electrons. The number of carbonyl (C=O) groups is 3. The number of esters is 2. The lowest BCUT2D eigenvalue weighted by atomic mass is 10.1. The predicted octanol–water partition coefficient (Wildman–Crippen LogP) is 8.94. The number of carbonyl (C=O) groups excluding carboxylic acids is 2. The molecule has 0 rings (SSSR count). The van der Waals surface area contributed by atoms with Gasteiger partial charge in [-0.05, 0) is 44.9 Å². The van der Waals surface area contributed by atoms with Crippen molar-refractivity contribution in [3.63, 3.8) is 0 Å². The molecule has 0 aliphatic rings. The first kappa shape index (κ1) is 45.8. The van der Waals surface area contributed by atoms with Crippen LogP contribution in [0.15, 0.2) is 24.3 Å². The van der Waals surface area contributed by atoms with E-state index in [4.69, 9.17) is 18.9 Å². The summed E-state index contributed by atoms with van der Waals surface area (Å²) in [5, 5.41) is 9.56. The molecule has 0 heterocycles. The quantitative estimate of drug-likeness (QED) is 0.0236. The summed E-state index contributed by atoms with van der Waals surface area (Å²) in [7, 11) is 5.93. The second-order valence-corrected chi connectivity index (χ2v) is 13.9. The van der Waals surface area contributed by atoms with E-state index in [0.29, 0.717) is 23.9 Å². The average Bonchev–Trinajstić information content (AvgIpc) is 3.03. The highest BCUT2D eigenvalue weighted by atomic mass is 16.7. The van der Waals surface area contributed by atoms with E-state index in [1.807, 2.05) is 21.1 Å². The molecule has 0 saturated carbocycles. The zero-order chi connectivity index (χ0) is 35.7. The Bertz CT molecular complexity index is 851. The zero-order valence-corrected chi connectivity index (χ0v) is 31.4. The maximum absolute atomic E-state index is 12.6. The van der Waals surface area contributed by atoms with Crippen molar-refractivity contribution in [2.75, 3.05) is 47.5 Å². The fourth-order valence-electron chi connectivity index (χ4n) is 4.92. The summed E-state index contributed by atoms with van der Waals surface area (Å²) in [6.45, 7) is 4.76. The van der Waals surface area contributed by atoms with E-state index in [2.05, 4.69) is 38.2 Å². The van der Waals surface area contributed by atoms with Crippen LogP contribution in [0.5, 0.6) is 0 Å². The molecule has 0 aromatic carbocycles. The van der Waals surface area contributed by atoms with Crippen LogP contribution in [0.2, 0.25) is 0 Å². The second kappa shape index (κ2) is 32.0. The Morgan fingerprint density at radius 2 is 1.12 bits per heavy atom. The van der Waals surface area contributed by atoms with Gasteiger partial charge in [0, 0.05) is 12.8 Å². The van der Waals surface area contributed by atoms with Gasteiger partial charge in [-0.2, -0.15) is 0 Å². The molecule has 0 bridgehead atoms. The van der Waals surface area contributed by atoms with E-state index >= 15 is 0 Å². The minimum Gasteiger partial charge on any atom is -0.477 e. The van der Waals surface area contributed by atoms with Crippen LogP contribution in [0, 0.1) is 0 Å². The number of nitrogens with zero attached hydrogens (tertiary/aromatic N) is 1. The molecule has 0 amide bonds. The highest BCUT2D eigenvalue weighted by molar-refractivity contribution is 5.71. The van der Waals surface area contributed by atoms with Gasteiger partial charge < -0.3 is 28.5 Å². The van der Waals surface area contributed by atoms with Crippen LogP contribution in [-0.2, 0) is 33.3 Å². The third-order valence-electron chi connectivity index (χ3n) is 7.96. The van der Waals surface area contributed by atoms with Crippen LogP contribution in [0.25, 0.3) is 0 Å². The summed E-state index contributed by atoms with van der Waals surface area (Å²) >= 11 is 0. The molecule has 0 aliphatic carbocycles. The number of carboxylic acid groups (broad SMARTS) is 1. The molecule has 0 aromatic rings. The topological polar surface area (TPSA) is 108 Å². The molecular weight excluding hydrogens is 610 g/mol. The second-order valence-electron chi connectivity index (χ2n) is 13.9. The number of carboxylic acids is 1. The molecular formula is C39H72NO8+. The highest BCUT2D eigenvalue weighted by Gasteiger charge is 2.25. The number of quaternary nitrogens is 1. The first-order chi connectivity index (χ1) is 23.1. The molecule has 0 fully saturated rings. The Kier molecular flexibility index (Phi) is 30.5. The van der Waals surface area contributed by atoms with Gasteiger partial charge in [-0.25, -0.2) is 4.79 Å². The van der Waals surface area contributed by atoms with Crippen molar-refractivity contribution in [1.29, 1.82) is 0 Å². The molecule has 9 heteroatoms. The SMILES string of the molecule is CCCCCC/C=C\C/C=C\CCCCCCCC(=O)OC(COC(=O)CCCCCCCCC)COC(OCC[N+](C)(C)C)C(=O)O. The first-order valence-corrected chi connectivity index (χ1v) is 19.0. The number of likely N-dealkylation sites (N-methyl/N-ethyl adjacent to an activating group) is 1. The van der Waals surface area contributed by atoms with Crippen LogP contribution in [0.3, 0.4) is 0 Å². The summed E-state index contributed by atoms with van der Waals surface area (Å²) < 4.78 is 22.5. The first-order valence-electron chi connectivity index (χ1n) is 19.0. The Morgan fingerprint density at radius 3 is 1.67 bits per heavy atom. The number of hydrogen-bond donors (Lipinski definition) is 1. The lowest BCUT2D eigenvalue weighted by Crippen LogP contribution is -2.40. The average molecular weight is 683 g/mol. The van der Waals surface area contributed by atoms with E-state index in [9.17, 15) is 19.5 Å². The number of hydrogen-bond acceptors (Lipinski definition) is 7. The Balaban J connectivity index is 4.51. The van der Waals surface area contributed by atoms with Gasteiger partial charge in [-0.15, -0.1) is 0 Å². The summed E-state index contributed by atoms with van der Waals surface area (Å²) in [5.74, 6) is -2.04. The maximum atomic E-state index is 12.6. The summed E-state index contributed by atoms with van der Waals surface area (Å²) in [5.41, 5.74) is 0. The van der Waals surface area contributed by atoms with Crippen molar-refractivity contribution in [2.24, 2.45) is 0 Å². The van der Waals surface area contributed by atoms with Crippen molar-refractivity contribution in [1.82, 2.24) is 0 Å². The summed E-state index contributed by atoms with van der Waals surface area (Å²) in [4.78, 5) is 36.7.